The van der Waals surface area contributed by atoms with Gasteiger partial charge in [0.1, 0.15) is 5.76 Å². The molecule has 1 heterocycles. The number of rotatable bonds is 3. The molecule has 3 heteroatoms. The molecule has 0 aromatic carbocycles. The van der Waals surface area contributed by atoms with Crippen molar-refractivity contribution < 1.29 is 4.42 Å². The van der Waals surface area contributed by atoms with Gasteiger partial charge in [0.2, 0.25) is 0 Å². The van der Waals surface area contributed by atoms with E-state index in [9.17, 15) is 0 Å². The van der Waals surface area contributed by atoms with E-state index < -0.39 is 0 Å². The first-order valence-electron chi connectivity index (χ1n) is 7.23. The molecule has 2 atom stereocenters. The second kappa shape index (κ2) is 4.37. The summed E-state index contributed by atoms with van der Waals surface area (Å²) in [6.45, 7) is 7.38. The highest BCUT2D eigenvalue weighted by molar-refractivity contribution is 5.24. The SMILES string of the molecule is CC(C)(C)NCc1ncoc1C1C2CCCCC21. The maximum absolute atomic E-state index is 5.69. The summed E-state index contributed by atoms with van der Waals surface area (Å²) in [5.41, 5.74) is 1.26. The Morgan fingerprint density at radius 1 is 1.28 bits per heavy atom. The quantitative estimate of drug-likeness (QED) is 0.890. The number of hydrogen-bond donors (Lipinski definition) is 1. The van der Waals surface area contributed by atoms with Gasteiger partial charge in [0, 0.05) is 18.0 Å². The van der Waals surface area contributed by atoms with Gasteiger partial charge in [-0.15, -0.1) is 0 Å². The molecule has 0 aliphatic heterocycles. The zero-order valence-electron chi connectivity index (χ0n) is 11.7. The van der Waals surface area contributed by atoms with E-state index in [-0.39, 0.29) is 5.54 Å². The zero-order chi connectivity index (χ0) is 12.8. The van der Waals surface area contributed by atoms with E-state index in [1.165, 1.54) is 31.4 Å². The number of fused-ring (bicyclic) bond motifs is 1. The summed E-state index contributed by atoms with van der Waals surface area (Å²) in [6, 6.07) is 0. The first kappa shape index (κ1) is 12.2. The fraction of sp³-hybridized carbons (Fsp3) is 0.800. The van der Waals surface area contributed by atoms with Crippen molar-refractivity contribution in [1.82, 2.24) is 10.3 Å². The van der Waals surface area contributed by atoms with E-state index >= 15 is 0 Å². The first-order chi connectivity index (χ1) is 8.56. The van der Waals surface area contributed by atoms with Crippen molar-refractivity contribution in [3.05, 3.63) is 17.8 Å². The monoisotopic (exact) mass is 248 g/mol. The van der Waals surface area contributed by atoms with Crippen LogP contribution in [-0.2, 0) is 6.54 Å². The maximum Gasteiger partial charge on any atom is 0.181 e. The number of oxazole rings is 1. The summed E-state index contributed by atoms with van der Waals surface area (Å²) < 4.78 is 5.69. The van der Waals surface area contributed by atoms with Gasteiger partial charge < -0.3 is 9.73 Å². The summed E-state index contributed by atoms with van der Waals surface area (Å²) >= 11 is 0. The van der Waals surface area contributed by atoms with Gasteiger partial charge in [0.25, 0.3) is 0 Å². The molecule has 1 aromatic rings. The molecule has 2 fully saturated rings. The molecule has 1 aromatic heterocycles. The number of aromatic nitrogens is 1. The van der Waals surface area contributed by atoms with Crippen LogP contribution in [0.25, 0.3) is 0 Å². The van der Waals surface area contributed by atoms with E-state index in [1.807, 2.05) is 0 Å². The standard InChI is InChI=1S/C15H24N2O/c1-15(2,3)17-8-12-14(18-9-16-12)13-10-6-4-5-7-11(10)13/h9-11,13,17H,4-8H2,1-3H3. The molecule has 0 amide bonds. The number of nitrogens with one attached hydrogen (secondary N) is 1. The van der Waals surface area contributed by atoms with Gasteiger partial charge in [-0.1, -0.05) is 12.8 Å². The van der Waals surface area contributed by atoms with Crippen LogP contribution in [0.2, 0.25) is 0 Å². The van der Waals surface area contributed by atoms with E-state index in [2.05, 4.69) is 31.1 Å². The van der Waals surface area contributed by atoms with Crippen LogP contribution >= 0.6 is 0 Å². The highest BCUT2D eigenvalue weighted by atomic mass is 16.3. The predicted molar refractivity (Wildman–Crippen MR) is 71.3 cm³/mol. The Balaban J connectivity index is 1.69. The predicted octanol–water partition coefficient (Wildman–Crippen LogP) is 3.47. The molecule has 0 spiro atoms. The summed E-state index contributed by atoms with van der Waals surface area (Å²) in [5, 5.41) is 3.51. The summed E-state index contributed by atoms with van der Waals surface area (Å²) in [7, 11) is 0. The third-order valence-electron chi connectivity index (χ3n) is 4.42. The van der Waals surface area contributed by atoms with Crippen molar-refractivity contribution in [1.29, 1.82) is 0 Å². The van der Waals surface area contributed by atoms with Crippen molar-refractivity contribution in [2.24, 2.45) is 11.8 Å². The van der Waals surface area contributed by atoms with Gasteiger partial charge >= 0.3 is 0 Å². The maximum atomic E-state index is 5.69. The minimum Gasteiger partial charge on any atom is -0.448 e. The van der Waals surface area contributed by atoms with Gasteiger partial charge in [-0.05, 0) is 45.4 Å². The molecule has 1 N–H and O–H groups in total. The van der Waals surface area contributed by atoms with Crippen LogP contribution in [0.1, 0.15) is 63.8 Å². The average Bonchev–Trinajstić information content (AvgIpc) is 2.85. The van der Waals surface area contributed by atoms with Crippen LogP contribution in [0, 0.1) is 11.8 Å². The van der Waals surface area contributed by atoms with Crippen LogP contribution in [0.4, 0.5) is 0 Å². The van der Waals surface area contributed by atoms with Crippen molar-refractivity contribution in [2.75, 3.05) is 0 Å². The average molecular weight is 248 g/mol. The Morgan fingerprint density at radius 2 is 1.94 bits per heavy atom. The first-order valence-corrected chi connectivity index (χ1v) is 7.23. The topological polar surface area (TPSA) is 38.1 Å². The number of nitrogens with zero attached hydrogens (tertiary/aromatic N) is 1. The molecule has 0 bridgehead atoms. The Morgan fingerprint density at radius 3 is 2.56 bits per heavy atom. The second-order valence-corrected chi connectivity index (χ2v) is 6.90. The van der Waals surface area contributed by atoms with Gasteiger partial charge in [-0.25, -0.2) is 4.98 Å². The number of hydrogen-bond acceptors (Lipinski definition) is 3. The summed E-state index contributed by atoms with van der Waals surface area (Å²) in [5.74, 6) is 3.62. The van der Waals surface area contributed by atoms with Crippen molar-refractivity contribution >= 4 is 0 Å². The molecule has 2 aliphatic rings. The Labute approximate surface area is 109 Å². The van der Waals surface area contributed by atoms with Gasteiger partial charge in [0.05, 0.1) is 5.69 Å². The Bertz CT molecular complexity index is 406. The summed E-state index contributed by atoms with van der Waals surface area (Å²) in [6.07, 6.45) is 7.21. The lowest BCUT2D eigenvalue weighted by Crippen LogP contribution is -2.35. The highest BCUT2D eigenvalue weighted by Gasteiger charge is 2.53. The fourth-order valence-electron chi connectivity index (χ4n) is 3.41. The molecule has 0 saturated heterocycles. The van der Waals surface area contributed by atoms with Crippen LogP contribution in [0.15, 0.2) is 10.8 Å². The minimum atomic E-state index is 0.131. The molecule has 18 heavy (non-hydrogen) atoms. The molecule has 0 radical (unpaired) electrons. The van der Waals surface area contributed by atoms with Gasteiger partial charge in [0.15, 0.2) is 6.39 Å². The highest BCUT2D eigenvalue weighted by Crippen LogP contribution is 2.61. The molecule has 3 nitrogen and oxygen atoms in total. The Kier molecular flexibility index (Phi) is 2.97. The molecular formula is C15H24N2O. The largest absolute Gasteiger partial charge is 0.448 e. The molecule has 2 unspecified atom stereocenters. The third-order valence-corrected chi connectivity index (χ3v) is 4.42. The fourth-order valence-corrected chi connectivity index (χ4v) is 3.41. The van der Waals surface area contributed by atoms with Crippen LogP contribution in [-0.4, -0.2) is 10.5 Å². The van der Waals surface area contributed by atoms with E-state index in [0.29, 0.717) is 5.92 Å². The van der Waals surface area contributed by atoms with Gasteiger partial charge in [-0.3, -0.25) is 0 Å². The lowest BCUT2D eigenvalue weighted by molar-refractivity contribution is 0.416. The molecule has 3 rings (SSSR count). The van der Waals surface area contributed by atoms with Crippen LogP contribution in [0.3, 0.4) is 0 Å². The van der Waals surface area contributed by atoms with Crippen molar-refractivity contribution in [3.8, 4) is 0 Å². The normalized spacial score (nSPS) is 31.2. The molecular weight excluding hydrogens is 224 g/mol. The summed E-state index contributed by atoms with van der Waals surface area (Å²) in [4.78, 5) is 4.41. The van der Waals surface area contributed by atoms with Gasteiger partial charge in [-0.2, -0.15) is 0 Å². The van der Waals surface area contributed by atoms with Crippen LogP contribution in [0.5, 0.6) is 0 Å². The van der Waals surface area contributed by atoms with Crippen LogP contribution < -0.4 is 5.32 Å². The molecule has 2 aliphatic carbocycles. The Hall–Kier alpha value is -0.830. The zero-order valence-corrected chi connectivity index (χ0v) is 11.7. The second-order valence-electron chi connectivity index (χ2n) is 6.90. The third kappa shape index (κ3) is 2.33. The van der Waals surface area contributed by atoms with Crippen molar-refractivity contribution in [2.45, 2.75) is 64.5 Å². The van der Waals surface area contributed by atoms with Crippen molar-refractivity contribution in [3.63, 3.8) is 0 Å². The van der Waals surface area contributed by atoms with E-state index in [1.54, 1.807) is 6.39 Å². The molecule has 100 valence electrons. The smallest absolute Gasteiger partial charge is 0.181 e. The lowest BCUT2D eigenvalue weighted by atomic mass is 10.0. The molecule has 2 saturated carbocycles. The minimum absolute atomic E-state index is 0.131. The van der Waals surface area contributed by atoms with E-state index in [4.69, 9.17) is 4.42 Å². The van der Waals surface area contributed by atoms with E-state index in [0.717, 1.165) is 24.1 Å². The lowest BCUT2D eigenvalue weighted by Gasteiger charge is -2.19.